The van der Waals surface area contributed by atoms with Crippen molar-refractivity contribution in [1.29, 1.82) is 0 Å². The molecule has 0 radical (unpaired) electrons. The molecule has 1 saturated heterocycles. The summed E-state index contributed by atoms with van der Waals surface area (Å²) in [6, 6.07) is 10.5. The summed E-state index contributed by atoms with van der Waals surface area (Å²) in [5.41, 5.74) is -1.45. The number of halogens is 2. The first-order valence-corrected chi connectivity index (χ1v) is 11.2. The minimum Gasteiger partial charge on any atom is -0.487 e. The molecule has 9 nitrogen and oxygen atoms in total. The number of anilines is 1. The molecule has 1 aromatic carbocycles. The van der Waals surface area contributed by atoms with Crippen LogP contribution in [0.2, 0.25) is 0 Å². The number of likely N-dealkylation sites (N-methyl/N-ethyl adjacent to an activating group) is 1. The second kappa shape index (κ2) is 9.83. The Bertz CT molecular complexity index is 1430. The lowest BCUT2D eigenvalue weighted by Gasteiger charge is -2.28. The molecule has 1 atom stereocenters. The second-order valence-corrected chi connectivity index (χ2v) is 8.40. The third kappa shape index (κ3) is 5.34. The van der Waals surface area contributed by atoms with Crippen LogP contribution in [0.25, 0.3) is 0 Å². The number of amides is 2. The first-order chi connectivity index (χ1) is 17.8. The zero-order valence-corrected chi connectivity index (χ0v) is 19.5. The van der Waals surface area contributed by atoms with Gasteiger partial charge in [0.05, 0.1) is 13.2 Å². The van der Waals surface area contributed by atoms with E-state index in [4.69, 9.17) is 14.2 Å². The van der Waals surface area contributed by atoms with Gasteiger partial charge in [-0.3, -0.25) is 19.5 Å². The number of carbonyl (C=O) groups excluding carboxylic acids is 2. The minimum absolute atomic E-state index is 0.0121. The molecule has 0 bridgehead atoms. The highest BCUT2D eigenvalue weighted by Gasteiger charge is 2.37. The van der Waals surface area contributed by atoms with Gasteiger partial charge < -0.3 is 19.5 Å². The molecule has 2 amide bonds. The molecule has 1 N–H and O–H groups in total. The Labute approximate surface area is 210 Å². The normalized spacial score (nSPS) is 17.8. The van der Waals surface area contributed by atoms with Crippen molar-refractivity contribution in [2.24, 2.45) is 0 Å². The number of carbonyl (C=O) groups is 2. The average Bonchev–Trinajstić information content (AvgIpc) is 2.98. The molecule has 0 aliphatic carbocycles. The van der Waals surface area contributed by atoms with Crippen molar-refractivity contribution in [2.45, 2.75) is 11.7 Å². The zero-order valence-electron chi connectivity index (χ0n) is 19.5. The van der Waals surface area contributed by atoms with Crippen molar-refractivity contribution < 1.29 is 32.6 Å². The van der Waals surface area contributed by atoms with E-state index in [0.717, 1.165) is 0 Å². The molecule has 2 aliphatic heterocycles. The van der Waals surface area contributed by atoms with E-state index in [1.807, 2.05) is 0 Å². The van der Waals surface area contributed by atoms with Crippen molar-refractivity contribution in [3.05, 3.63) is 71.9 Å². The van der Waals surface area contributed by atoms with Gasteiger partial charge >= 0.3 is 0 Å². The highest BCUT2D eigenvalue weighted by atomic mass is 19.1. The Kier molecular flexibility index (Phi) is 6.42. The van der Waals surface area contributed by atoms with Crippen LogP contribution >= 0.6 is 0 Å². The third-order valence-corrected chi connectivity index (χ3v) is 5.57. The first kappa shape index (κ1) is 24.1. The van der Waals surface area contributed by atoms with E-state index in [0.29, 0.717) is 5.75 Å². The summed E-state index contributed by atoms with van der Waals surface area (Å²) >= 11 is 0. The van der Waals surface area contributed by atoms with Gasteiger partial charge in [0.1, 0.15) is 41.4 Å². The number of hydrogen-bond donors (Lipinski definition) is 1. The standard InChI is InChI=1S/C26H20F2N4O5/c1-32-23-22(6-5-17(30-23)7-9-26(28)14-35-15-26)36-13-21(25(32)34)31-24(33)20-12-19(8-10-29-20)37-18-4-2-3-16(27)11-18/h2-6,8,10-12,21H,13-15H2,1H3,(H,31,33)/t21-/m0/s1. The number of fused-ring (bicyclic) bond motifs is 1. The van der Waals surface area contributed by atoms with Crippen molar-refractivity contribution in [3.8, 4) is 29.1 Å². The van der Waals surface area contributed by atoms with Gasteiger partial charge in [0.2, 0.25) is 5.67 Å². The maximum absolute atomic E-state index is 14.1. The van der Waals surface area contributed by atoms with Gasteiger partial charge in [-0.15, -0.1) is 0 Å². The Hall–Kier alpha value is -4.56. The summed E-state index contributed by atoms with van der Waals surface area (Å²) in [4.78, 5) is 35.6. The number of rotatable bonds is 4. The minimum atomic E-state index is -1.70. The average molecular weight is 506 g/mol. The predicted molar refractivity (Wildman–Crippen MR) is 127 cm³/mol. The Morgan fingerprint density at radius 3 is 2.78 bits per heavy atom. The van der Waals surface area contributed by atoms with Gasteiger partial charge in [0, 0.05) is 25.4 Å². The summed E-state index contributed by atoms with van der Waals surface area (Å²) in [7, 11) is 1.49. The molecule has 3 aromatic rings. The van der Waals surface area contributed by atoms with E-state index in [9.17, 15) is 18.4 Å². The first-order valence-electron chi connectivity index (χ1n) is 11.2. The number of ether oxygens (including phenoxy) is 3. The lowest BCUT2D eigenvalue weighted by molar-refractivity contribution is -0.120. The quantitative estimate of drug-likeness (QED) is 0.543. The van der Waals surface area contributed by atoms with E-state index < -0.39 is 29.3 Å². The van der Waals surface area contributed by atoms with Gasteiger partial charge in [-0.1, -0.05) is 12.0 Å². The smallest absolute Gasteiger partial charge is 0.270 e. The fourth-order valence-electron chi connectivity index (χ4n) is 3.57. The number of alkyl halides is 1. The fraction of sp³-hybridized carbons (Fsp3) is 0.231. The maximum atomic E-state index is 14.1. The number of nitrogens with one attached hydrogen (secondary N) is 1. The molecule has 1 fully saturated rings. The van der Waals surface area contributed by atoms with Gasteiger partial charge in [0.25, 0.3) is 11.8 Å². The van der Waals surface area contributed by atoms with Crippen molar-refractivity contribution in [3.63, 3.8) is 0 Å². The second-order valence-electron chi connectivity index (χ2n) is 8.40. The molecular weight excluding hydrogens is 486 g/mol. The highest BCUT2D eigenvalue weighted by molar-refractivity contribution is 6.02. The van der Waals surface area contributed by atoms with Crippen LogP contribution < -0.4 is 19.7 Å². The van der Waals surface area contributed by atoms with Crippen molar-refractivity contribution in [2.75, 3.05) is 31.8 Å². The number of hydrogen-bond acceptors (Lipinski definition) is 7. The highest BCUT2D eigenvalue weighted by Crippen LogP contribution is 2.29. The molecule has 0 spiro atoms. The predicted octanol–water partition coefficient (Wildman–Crippen LogP) is 2.65. The van der Waals surface area contributed by atoms with Crippen LogP contribution in [0, 0.1) is 17.7 Å². The molecule has 37 heavy (non-hydrogen) atoms. The van der Waals surface area contributed by atoms with Crippen LogP contribution in [0.3, 0.4) is 0 Å². The Morgan fingerprint density at radius 2 is 2.03 bits per heavy atom. The van der Waals surface area contributed by atoms with Gasteiger partial charge in [-0.25, -0.2) is 13.8 Å². The topological polar surface area (TPSA) is 103 Å². The fourth-order valence-corrected chi connectivity index (χ4v) is 3.57. The van der Waals surface area contributed by atoms with Crippen LogP contribution in [0.5, 0.6) is 17.2 Å². The molecule has 2 aromatic heterocycles. The number of aromatic nitrogens is 2. The van der Waals surface area contributed by atoms with Crippen LogP contribution in [0.4, 0.5) is 14.6 Å². The van der Waals surface area contributed by atoms with E-state index >= 15 is 0 Å². The lowest BCUT2D eigenvalue weighted by atomic mass is 10.1. The van der Waals surface area contributed by atoms with Crippen LogP contribution in [0.15, 0.2) is 54.7 Å². The van der Waals surface area contributed by atoms with E-state index in [1.54, 1.807) is 18.2 Å². The Balaban J connectivity index is 1.29. The molecule has 4 heterocycles. The zero-order chi connectivity index (χ0) is 26.0. The van der Waals surface area contributed by atoms with Crippen molar-refractivity contribution in [1.82, 2.24) is 15.3 Å². The largest absolute Gasteiger partial charge is 0.487 e. The summed E-state index contributed by atoms with van der Waals surface area (Å²) in [6.45, 7) is -0.343. The molecule has 2 aliphatic rings. The molecular formula is C26H20F2N4O5. The van der Waals surface area contributed by atoms with Gasteiger partial charge in [-0.2, -0.15) is 0 Å². The molecule has 0 unspecified atom stereocenters. The van der Waals surface area contributed by atoms with Gasteiger partial charge in [-0.05, 0) is 36.3 Å². The van der Waals surface area contributed by atoms with E-state index in [-0.39, 0.29) is 48.5 Å². The van der Waals surface area contributed by atoms with Crippen LogP contribution in [-0.2, 0) is 9.53 Å². The van der Waals surface area contributed by atoms with Crippen LogP contribution in [-0.4, -0.2) is 60.4 Å². The Morgan fingerprint density at radius 1 is 1.22 bits per heavy atom. The number of benzene rings is 1. The molecule has 0 saturated carbocycles. The number of nitrogens with zero attached hydrogens (tertiary/aromatic N) is 3. The SMILES string of the molecule is CN1C(=O)[C@@H](NC(=O)c2cc(Oc3cccc(F)c3)ccn2)COc2ccc(C#CC3(F)COC3)nc21. The summed E-state index contributed by atoms with van der Waals surface area (Å²) in [6.07, 6.45) is 1.36. The lowest BCUT2D eigenvalue weighted by Crippen LogP contribution is -2.49. The molecule has 188 valence electrons. The third-order valence-electron chi connectivity index (χ3n) is 5.57. The maximum Gasteiger partial charge on any atom is 0.270 e. The summed E-state index contributed by atoms with van der Waals surface area (Å²) < 4.78 is 43.7. The summed E-state index contributed by atoms with van der Waals surface area (Å²) in [5, 5.41) is 2.61. The van der Waals surface area contributed by atoms with E-state index in [1.165, 1.54) is 48.5 Å². The molecule has 5 rings (SSSR count). The molecule has 11 heteroatoms. The monoisotopic (exact) mass is 506 g/mol. The van der Waals surface area contributed by atoms with Gasteiger partial charge in [0.15, 0.2) is 11.6 Å². The summed E-state index contributed by atoms with van der Waals surface area (Å²) in [5.74, 6) is 4.59. The number of pyridine rings is 2. The van der Waals surface area contributed by atoms with Crippen molar-refractivity contribution >= 4 is 17.6 Å². The van der Waals surface area contributed by atoms with Crippen LogP contribution in [0.1, 0.15) is 16.2 Å². The van der Waals surface area contributed by atoms with E-state index in [2.05, 4.69) is 27.1 Å².